The minimum atomic E-state index is -1.02. The molecular formula is C19H15LiN2O4. The van der Waals surface area contributed by atoms with Gasteiger partial charge in [-0.3, -0.25) is 4.98 Å². The average molecular weight is 342 g/mol. The molecule has 26 heavy (non-hydrogen) atoms. The molecule has 0 spiro atoms. The van der Waals surface area contributed by atoms with E-state index in [9.17, 15) is 4.79 Å². The van der Waals surface area contributed by atoms with Crippen molar-refractivity contribution in [3.05, 3.63) is 60.4 Å². The first kappa shape index (κ1) is 21.2. The van der Waals surface area contributed by atoms with Crippen LogP contribution in [0.2, 0.25) is 0 Å². The van der Waals surface area contributed by atoms with E-state index in [0.717, 1.165) is 21.9 Å². The van der Waals surface area contributed by atoms with Crippen molar-refractivity contribution in [3.8, 4) is 22.9 Å². The zero-order chi connectivity index (χ0) is 17.1. The molecule has 1 atom stereocenters. The van der Waals surface area contributed by atoms with Gasteiger partial charge in [-0.2, -0.15) is 5.26 Å². The molecule has 126 valence electrons. The summed E-state index contributed by atoms with van der Waals surface area (Å²) in [4.78, 5) is 15.2. The van der Waals surface area contributed by atoms with Gasteiger partial charge in [0.2, 0.25) is 0 Å². The molecule has 0 saturated carbocycles. The second kappa shape index (κ2) is 9.03. The van der Waals surface area contributed by atoms with Crippen molar-refractivity contribution in [1.82, 2.24) is 4.98 Å². The van der Waals surface area contributed by atoms with Gasteiger partial charge in [0.05, 0.1) is 11.6 Å². The summed E-state index contributed by atoms with van der Waals surface area (Å²) in [5.41, 5.74) is 2.41. The maximum absolute atomic E-state index is 11.0. The molecule has 2 N–H and O–H groups in total. The predicted molar refractivity (Wildman–Crippen MR) is 91.6 cm³/mol. The van der Waals surface area contributed by atoms with Gasteiger partial charge in [0.25, 0.3) is 0 Å². The first-order valence-electron chi connectivity index (χ1n) is 7.36. The maximum Gasteiger partial charge on any atom is 1.00 e. The second-order valence-electron chi connectivity index (χ2n) is 5.36. The Kier molecular flexibility index (Phi) is 7.37. The van der Waals surface area contributed by atoms with Crippen molar-refractivity contribution < 1.29 is 39.0 Å². The number of aliphatic carboxylic acids is 1. The smallest absolute Gasteiger partial charge is 0.870 e. The number of hydrogen-bond acceptors (Lipinski definition) is 5. The van der Waals surface area contributed by atoms with Crippen molar-refractivity contribution in [2.24, 2.45) is 0 Å². The van der Waals surface area contributed by atoms with E-state index in [1.807, 2.05) is 24.3 Å². The van der Waals surface area contributed by atoms with Crippen molar-refractivity contribution in [1.29, 1.82) is 5.26 Å². The van der Waals surface area contributed by atoms with Crippen LogP contribution in [0.4, 0.5) is 0 Å². The number of fused-ring (bicyclic) bond motifs is 1. The number of nitrogens with zero attached hydrogens (tertiary/aromatic N) is 2. The van der Waals surface area contributed by atoms with Gasteiger partial charge in [-0.1, -0.05) is 12.1 Å². The number of rotatable bonds is 4. The van der Waals surface area contributed by atoms with E-state index in [-0.39, 0.29) is 24.3 Å². The Morgan fingerprint density at radius 3 is 2.50 bits per heavy atom. The summed E-state index contributed by atoms with van der Waals surface area (Å²) < 4.78 is 5.45. The van der Waals surface area contributed by atoms with Crippen LogP contribution in [0.15, 0.2) is 54.9 Å². The first-order valence-corrected chi connectivity index (χ1v) is 7.36. The van der Waals surface area contributed by atoms with E-state index in [2.05, 4.69) is 11.1 Å². The van der Waals surface area contributed by atoms with E-state index in [0.29, 0.717) is 11.3 Å². The number of carboxylic acids is 1. The van der Waals surface area contributed by atoms with E-state index in [1.54, 1.807) is 30.6 Å². The molecule has 0 unspecified atom stereocenters. The number of carbonyl (C=O) groups is 1. The minimum Gasteiger partial charge on any atom is -0.870 e. The van der Waals surface area contributed by atoms with Gasteiger partial charge in [-0.05, 0) is 48.2 Å². The fourth-order valence-electron chi connectivity index (χ4n) is 2.43. The van der Waals surface area contributed by atoms with Crippen LogP contribution in [0.25, 0.3) is 21.9 Å². The molecule has 6 nitrogen and oxygen atoms in total. The van der Waals surface area contributed by atoms with Gasteiger partial charge >= 0.3 is 24.8 Å². The third kappa shape index (κ3) is 4.41. The number of carboxylic acid groups (broad SMARTS) is 1. The molecule has 3 aromatic rings. The van der Waals surface area contributed by atoms with Gasteiger partial charge in [-0.15, -0.1) is 0 Å². The van der Waals surface area contributed by atoms with Crippen molar-refractivity contribution in [3.63, 3.8) is 0 Å². The molecule has 7 heteroatoms. The Hall–Kier alpha value is -2.83. The van der Waals surface area contributed by atoms with Gasteiger partial charge in [-0.25, -0.2) is 4.79 Å². The molecule has 0 fully saturated rings. The summed E-state index contributed by atoms with van der Waals surface area (Å²) in [6, 6.07) is 14.7. The number of nitriles is 1. The summed E-state index contributed by atoms with van der Waals surface area (Å²) in [6.07, 6.45) is 2.56. The number of pyridine rings is 1. The van der Waals surface area contributed by atoms with Gasteiger partial charge in [0, 0.05) is 23.3 Å². The van der Waals surface area contributed by atoms with Crippen LogP contribution >= 0.6 is 0 Å². The maximum atomic E-state index is 11.0. The zero-order valence-corrected chi connectivity index (χ0v) is 14.4. The Bertz CT molecular complexity index is 952. The summed E-state index contributed by atoms with van der Waals surface area (Å²) in [7, 11) is 0. The standard InChI is InChI=1S/C19H14N2O3.Li.H2O/c1-12(19(22)23)24-16-7-6-15-10-21-11-18(17(15)8-16)14-4-2-13(9-20)3-5-14;;/h2-8,10-12H,1H3,(H,22,23);;1H2/q;+1;/p-1/t12-;;/m0../s1. The predicted octanol–water partition coefficient (Wildman–Crippen LogP) is 0.453. The molecule has 0 radical (unpaired) electrons. The molecule has 1 aromatic heterocycles. The van der Waals surface area contributed by atoms with Gasteiger partial charge < -0.3 is 15.3 Å². The number of aromatic nitrogens is 1. The third-order valence-electron chi connectivity index (χ3n) is 3.72. The Morgan fingerprint density at radius 2 is 1.88 bits per heavy atom. The van der Waals surface area contributed by atoms with Crippen LogP contribution in [0.3, 0.4) is 0 Å². The molecule has 0 amide bonds. The Morgan fingerprint density at radius 1 is 1.19 bits per heavy atom. The van der Waals surface area contributed by atoms with E-state index >= 15 is 0 Å². The molecule has 0 aliphatic heterocycles. The van der Waals surface area contributed by atoms with Crippen molar-refractivity contribution >= 4 is 16.7 Å². The molecule has 0 aliphatic rings. The molecule has 0 aliphatic carbocycles. The summed E-state index contributed by atoms with van der Waals surface area (Å²) in [5, 5.41) is 19.7. The van der Waals surface area contributed by atoms with E-state index in [4.69, 9.17) is 15.1 Å². The van der Waals surface area contributed by atoms with E-state index < -0.39 is 12.1 Å². The van der Waals surface area contributed by atoms with Crippen LogP contribution in [0, 0.1) is 11.3 Å². The molecule has 0 saturated heterocycles. The Labute approximate surface area is 162 Å². The van der Waals surface area contributed by atoms with Crippen LogP contribution in [0.5, 0.6) is 5.75 Å². The normalized spacial score (nSPS) is 10.8. The second-order valence-corrected chi connectivity index (χ2v) is 5.36. The number of ether oxygens (including phenoxy) is 1. The van der Waals surface area contributed by atoms with Gasteiger partial charge in [0.1, 0.15) is 5.75 Å². The van der Waals surface area contributed by atoms with Crippen LogP contribution in [-0.2, 0) is 4.79 Å². The van der Waals surface area contributed by atoms with E-state index in [1.165, 1.54) is 6.92 Å². The molecule has 0 bridgehead atoms. The number of hydrogen-bond donors (Lipinski definition) is 1. The molecular weight excluding hydrogens is 327 g/mol. The summed E-state index contributed by atoms with van der Waals surface area (Å²) >= 11 is 0. The largest absolute Gasteiger partial charge is 1.00 e. The number of benzene rings is 2. The summed E-state index contributed by atoms with van der Waals surface area (Å²) in [5.74, 6) is -0.532. The molecule has 3 rings (SSSR count). The Balaban J connectivity index is 0.00000169. The first-order chi connectivity index (χ1) is 11.6. The minimum absolute atomic E-state index is 0. The molecule has 2 aromatic carbocycles. The van der Waals surface area contributed by atoms with Crippen LogP contribution in [-0.4, -0.2) is 27.6 Å². The van der Waals surface area contributed by atoms with Crippen molar-refractivity contribution in [2.75, 3.05) is 0 Å². The average Bonchev–Trinajstić information content (AvgIpc) is 2.61. The third-order valence-corrected chi connectivity index (χ3v) is 3.72. The summed E-state index contributed by atoms with van der Waals surface area (Å²) in [6.45, 7) is 1.49. The van der Waals surface area contributed by atoms with Gasteiger partial charge in [0.15, 0.2) is 6.10 Å². The monoisotopic (exact) mass is 342 g/mol. The van der Waals surface area contributed by atoms with Crippen molar-refractivity contribution in [2.45, 2.75) is 13.0 Å². The fourth-order valence-corrected chi connectivity index (χ4v) is 2.43. The fraction of sp³-hybridized carbons (Fsp3) is 0.105. The quantitative estimate of drug-likeness (QED) is 0.689. The zero-order valence-electron chi connectivity index (χ0n) is 14.4. The molecule has 1 heterocycles. The van der Waals surface area contributed by atoms with Crippen LogP contribution < -0.4 is 23.6 Å². The SMILES string of the molecule is C[C@H](Oc1ccc2cncc(-c3ccc(C#N)cc3)c2c1)C(=O)O.[Li+].[OH-]. The van der Waals surface area contributed by atoms with Crippen LogP contribution in [0.1, 0.15) is 12.5 Å². The topological polar surface area (TPSA) is 113 Å².